The first kappa shape index (κ1) is 19.2. The van der Waals surface area contributed by atoms with Gasteiger partial charge < -0.3 is 0 Å². The molecule has 7 heteroatoms. The molecule has 3 aromatic carbocycles. The monoisotopic (exact) mass is 485 g/mol. The van der Waals surface area contributed by atoms with Crippen molar-refractivity contribution in [2.45, 2.75) is 0 Å². The summed E-state index contributed by atoms with van der Waals surface area (Å²) in [4.78, 5) is 24.8. The van der Waals surface area contributed by atoms with E-state index in [1.807, 2.05) is 36.4 Å². The first-order chi connectivity index (χ1) is 13.0. The Labute approximate surface area is 171 Å². The zero-order chi connectivity index (χ0) is 19.2. The van der Waals surface area contributed by atoms with Gasteiger partial charge in [-0.3, -0.25) is 0 Å². The Morgan fingerprint density at radius 3 is 2.19 bits per heavy atom. The molecule has 27 heavy (non-hydrogen) atoms. The third-order valence-corrected chi connectivity index (χ3v) is 6.41. The van der Waals surface area contributed by atoms with Crippen molar-refractivity contribution in [2.24, 2.45) is 0 Å². The molecule has 0 saturated heterocycles. The SMILES string of the molecule is O=C(Nc1ccccc1Br)Nc1cccc(C(=O)[As]c2ccccc2)c1O. The first-order valence-electron chi connectivity index (χ1n) is 8.00. The third-order valence-electron chi connectivity index (χ3n) is 3.62. The molecule has 0 spiro atoms. The minimum absolute atomic E-state index is 0.134. The molecule has 3 aromatic rings. The quantitative estimate of drug-likeness (QED) is 0.378. The Bertz CT molecular complexity index is 980. The van der Waals surface area contributed by atoms with Crippen molar-refractivity contribution in [3.8, 4) is 5.75 Å². The van der Waals surface area contributed by atoms with Gasteiger partial charge in [0.2, 0.25) is 0 Å². The van der Waals surface area contributed by atoms with Crippen LogP contribution in [0.5, 0.6) is 5.75 Å². The molecule has 0 aliphatic heterocycles. The van der Waals surface area contributed by atoms with Crippen LogP contribution in [0.25, 0.3) is 0 Å². The molecule has 5 nitrogen and oxygen atoms in total. The Morgan fingerprint density at radius 1 is 0.815 bits per heavy atom. The van der Waals surface area contributed by atoms with Crippen LogP contribution in [0.4, 0.5) is 16.2 Å². The number of hydrogen-bond donors (Lipinski definition) is 3. The number of hydrogen-bond acceptors (Lipinski definition) is 3. The third kappa shape index (κ3) is 5.00. The summed E-state index contributed by atoms with van der Waals surface area (Å²) in [5, 5.41) is 15.7. The van der Waals surface area contributed by atoms with E-state index in [1.54, 1.807) is 36.4 Å². The summed E-state index contributed by atoms with van der Waals surface area (Å²) in [6, 6.07) is 20.8. The maximum absolute atomic E-state index is 12.6. The molecule has 135 valence electrons. The van der Waals surface area contributed by atoms with Gasteiger partial charge in [-0.05, 0) is 0 Å². The van der Waals surface area contributed by atoms with E-state index in [4.69, 9.17) is 0 Å². The zero-order valence-electron chi connectivity index (χ0n) is 14.0. The van der Waals surface area contributed by atoms with E-state index in [0.29, 0.717) is 5.69 Å². The van der Waals surface area contributed by atoms with E-state index in [2.05, 4.69) is 26.6 Å². The molecular weight excluding hydrogens is 471 g/mol. The number of amides is 2. The second-order valence-electron chi connectivity index (χ2n) is 5.51. The molecule has 0 aromatic heterocycles. The van der Waals surface area contributed by atoms with Crippen LogP contribution in [0.1, 0.15) is 10.4 Å². The van der Waals surface area contributed by atoms with Gasteiger partial charge in [0.1, 0.15) is 0 Å². The van der Waals surface area contributed by atoms with Crippen molar-refractivity contribution in [3.63, 3.8) is 0 Å². The maximum atomic E-state index is 12.6. The second-order valence-corrected chi connectivity index (χ2v) is 8.77. The summed E-state index contributed by atoms with van der Waals surface area (Å²) < 4.78 is 1.55. The van der Waals surface area contributed by atoms with Crippen LogP contribution in [0.15, 0.2) is 77.3 Å². The second kappa shape index (κ2) is 8.89. The van der Waals surface area contributed by atoms with Gasteiger partial charge in [0.25, 0.3) is 0 Å². The topological polar surface area (TPSA) is 78.4 Å². The summed E-state index contributed by atoms with van der Waals surface area (Å²) in [5.74, 6) is -0.226. The molecule has 0 aliphatic rings. The van der Waals surface area contributed by atoms with Gasteiger partial charge in [0.15, 0.2) is 0 Å². The summed E-state index contributed by atoms with van der Waals surface area (Å²) in [7, 11) is 0. The number of rotatable bonds is 5. The molecule has 2 amide bonds. The van der Waals surface area contributed by atoms with Crippen LogP contribution in [-0.4, -0.2) is 31.5 Å². The number of aromatic hydroxyl groups is 1. The van der Waals surface area contributed by atoms with Crippen molar-refractivity contribution in [1.29, 1.82) is 0 Å². The average molecular weight is 486 g/mol. The molecule has 0 unspecified atom stereocenters. The van der Waals surface area contributed by atoms with Crippen LogP contribution in [-0.2, 0) is 0 Å². The van der Waals surface area contributed by atoms with Crippen LogP contribution in [0.2, 0.25) is 0 Å². The van der Waals surface area contributed by atoms with Crippen LogP contribution >= 0.6 is 15.9 Å². The fraction of sp³-hybridized carbons (Fsp3) is 0. The number of carbonyl (C=O) groups is 2. The molecule has 0 atom stereocenters. The molecule has 0 fully saturated rings. The molecule has 3 rings (SSSR count). The van der Waals surface area contributed by atoms with Gasteiger partial charge in [0, 0.05) is 0 Å². The van der Waals surface area contributed by atoms with Crippen molar-refractivity contribution in [3.05, 3.63) is 82.8 Å². The number of anilines is 2. The van der Waals surface area contributed by atoms with E-state index in [1.165, 1.54) is 0 Å². The predicted molar refractivity (Wildman–Crippen MR) is 111 cm³/mol. The fourth-order valence-corrected chi connectivity index (χ4v) is 4.52. The van der Waals surface area contributed by atoms with Gasteiger partial charge in [-0.2, -0.15) is 0 Å². The molecule has 0 aliphatic carbocycles. The van der Waals surface area contributed by atoms with E-state index in [0.717, 1.165) is 8.82 Å². The minimum atomic E-state index is -0.779. The first-order valence-corrected chi connectivity index (χ1v) is 10.7. The standard InChI is InChI=1S/C20H15AsBrN2O3/c22-15-10-4-5-11-16(15)23-20(27)24-17-12-6-9-14(18(17)25)19(26)21-13-7-2-1-3-8-13/h1-12,25H,(H2,23,24,27). The van der Waals surface area contributed by atoms with E-state index in [-0.39, 0.29) is 21.6 Å². The van der Waals surface area contributed by atoms with E-state index >= 15 is 0 Å². The Kier molecular flexibility index (Phi) is 6.32. The predicted octanol–water partition coefficient (Wildman–Crippen LogP) is 3.97. The van der Waals surface area contributed by atoms with Gasteiger partial charge in [-0.15, -0.1) is 0 Å². The summed E-state index contributed by atoms with van der Waals surface area (Å²) in [6.45, 7) is 0. The zero-order valence-corrected chi connectivity index (χ0v) is 17.5. The normalized spacial score (nSPS) is 10.7. The van der Waals surface area contributed by atoms with Crippen LogP contribution in [0.3, 0.4) is 0 Å². The Morgan fingerprint density at radius 2 is 1.44 bits per heavy atom. The van der Waals surface area contributed by atoms with Crippen LogP contribution in [0, 0.1) is 0 Å². The number of carbonyl (C=O) groups excluding carboxylic acids is 2. The van der Waals surface area contributed by atoms with Gasteiger partial charge >= 0.3 is 172 Å². The van der Waals surface area contributed by atoms with Crippen molar-refractivity contribution in [2.75, 3.05) is 10.6 Å². The number of nitrogens with one attached hydrogen (secondary N) is 2. The molecular formula is C20H15AsBrN2O3. The number of phenolic OH excluding ortho intramolecular Hbond substituents is 1. The number of halogens is 1. The summed E-state index contributed by atoms with van der Waals surface area (Å²) in [6.07, 6.45) is 0. The number of para-hydroxylation sites is 2. The molecule has 0 saturated carbocycles. The Hall–Kier alpha value is -2.56. The van der Waals surface area contributed by atoms with Gasteiger partial charge in [0.05, 0.1) is 0 Å². The average Bonchev–Trinajstić information content (AvgIpc) is 2.66. The Balaban J connectivity index is 1.73. The molecule has 3 N–H and O–H groups in total. The van der Waals surface area contributed by atoms with Gasteiger partial charge in [-0.1, -0.05) is 0 Å². The van der Waals surface area contributed by atoms with E-state index in [9.17, 15) is 14.7 Å². The number of benzene rings is 3. The molecule has 0 bridgehead atoms. The summed E-state index contributed by atoms with van der Waals surface area (Å²) in [5.41, 5.74) is 0.980. The summed E-state index contributed by atoms with van der Waals surface area (Å²) >= 11 is 2.57. The van der Waals surface area contributed by atoms with Crippen LogP contribution < -0.4 is 15.0 Å². The van der Waals surface area contributed by atoms with E-state index < -0.39 is 21.8 Å². The number of urea groups is 1. The number of phenols is 1. The molecule has 0 heterocycles. The molecule has 1 radical (unpaired) electrons. The van der Waals surface area contributed by atoms with Crippen molar-refractivity contribution >= 4 is 58.0 Å². The van der Waals surface area contributed by atoms with Crippen molar-refractivity contribution < 1.29 is 14.7 Å². The van der Waals surface area contributed by atoms with Crippen molar-refractivity contribution in [1.82, 2.24) is 0 Å². The van der Waals surface area contributed by atoms with Gasteiger partial charge in [-0.25, -0.2) is 0 Å². The fourth-order valence-electron chi connectivity index (χ4n) is 2.34.